The smallest absolute Gasteiger partial charge is 0.260 e. The van der Waals surface area contributed by atoms with Crippen molar-refractivity contribution < 1.29 is 14.6 Å². The van der Waals surface area contributed by atoms with E-state index in [-0.39, 0.29) is 5.91 Å². The zero-order chi connectivity index (χ0) is 15.1. The molecular formula is C16H25NO3. The number of hydrogen-bond donors (Lipinski definition) is 2. The summed E-state index contributed by atoms with van der Waals surface area (Å²) in [4.78, 5) is 11.9. The first-order valence-corrected chi connectivity index (χ1v) is 7.18. The Balaban J connectivity index is 2.71. The van der Waals surface area contributed by atoms with Gasteiger partial charge in [0.05, 0.1) is 6.10 Å². The van der Waals surface area contributed by atoms with Gasteiger partial charge in [-0.25, -0.2) is 0 Å². The second-order valence-corrected chi connectivity index (χ2v) is 5.12. The van der Waals surface area contributed by atoms with Gasteiger partial charge in [0, 0.05) is 12.1 Å². The molecule has 0 fully saturated rings. The Hall–Kier alpha value is -1.55. The minimum absolute atomic E-state index is 0.128. The van der Waals surface area contributed by atoms with Gasteiger partial charge < -0.3 is 15.2 Å². The van der Waals surface area contributed by atoms with Gasteiger partial charge in [-0.3, -0.25) is 4.79 Å². The molecule has 0 aliphatic carbocycles. The Morgan fingerprint density at radius 2 is 2.10 bits per heavy atom. The summed E-state index contributed by atoms with van der Waals surface area (Å²) in [6, 6.07) is 5.59. The molecule has 2 N–H and O–H groups in total. The molecule has 0 bridgehead atoms. The summed E-state index contributed by atoms with van der Waals surface area (Å²) in [7, 11) is 0. The SMILES string of the molecule is CCCCNC(=O)C(C)Oc1cc(C)ccc1[C@H](C)O. The van der Waals surface area contributed by atoms with Crippen LogP contribution in [0.1, 0.15) is 50.8 Å². The molecule has 0 aliphatic heterocycles. The van der Waals surface area contributed by atoms with Gasteiger partial charge in [0.1, 0.15) is 5.75 Å². The maximum atomic E-state index is 11.9. The zero-order valence-electron chi connectivity index (χ0n) is 12.8. The highest BCUT2D eigenvalue weighted by Gasteiger charge is 2.17. The van der Waals surface area contributed by atoms with Crippen LogP contribution >= 0.6 is 0 Å². The van der Waals surface area contributed by atoms with E-state index in [1.807, 2.05) is 25.1 Å². The third-order valence-electron chi connectivity index (χ3n) is 3.12. The van der Waals surface area contributed by atoms with E-state index in [4.69, 9.17) is 4.74 Å². The first-order chi connectivity index (χ1) is 9.45. The molecule has 0 spiro atoms. The predicted octanol–water partition coefficient (Wildman–Crippen LogP) is 2.73. The molecule has 112 valence electrons. The second-order valence-electron chi connectivity index (χ2n) is 5.12. The van der Waals surface area contributed by atoms with Crippen LogP contribution in [0.25, 0.3) is 0 Å². The summed E-state index contributed by atoms with van der Waals surface area (Å²) in [5.74, 6) is 0.439. The standard InChI is InChI=1S/C16H25NO3/c1-5-6-9-17-16(19)13(4)20-15-10-11(2)7-8-14(15)12(3)18/h7-8,10,12-13,18H,5-6,9H2,1-4H3,(H,17,19)/t12-,13?/m0/s1. The van der Waals surface area contributed by atoms with Crippen LogP contribution in [0.15, 0.2) is 18.2 Å². The Bertz CT molecular complexity index is 443. The topological polar surface area (TPSA) is 58.6 Å². The van der Waals surface area contributed by atoms with Crippen molar-refractivity contribution >= 4 is 5.91 Å². The fourth-order valence-electron chi connectivity index (χ4n) is 1.86. The van der Waals surface area contributed by atoms with Crippen LogP contribution in [0.5, 0.6) is 5.75 Å². The maximum absolute atomic E-state index is 11.9. The van der Waals surface area contributed by atoms with Crippen LogP contribution in [0.4, 0.5) is 0 Å². The van der Waals surface area contributed by atoms with Crippen molar-refractivity contribution in [3.63, 3.8) is 0 Å². The molecule has 4 heteroatoms. The van der Waals surface area contributed by atoms with Gasteiger partial charge in [-0.1, -0.05) is 25.5 Å². The quantitative estimate of drug-likeness (QED) is 0.755. The Kier molecular flexibility index (Phi) is 6.52. The lowest BCUT2D eigenvalue weighted by molar-refractivity contribution is -0.127. The lowest BCUT2D eigenvalue weighted by Crippen LogP contribution is -2.37. The number of ether oxygens (including phenoxy) is 1. The van der Waals surface area contributed by atoms with Gasteiger partial charge in [-0.05, 0) is 38.8 Å². The van der Waals surface area contributed by atoms with E-state index >= 15 is 0 Å². The van der Waals surface area contributed by atoms with Gasteiger partial charge in [0.15, 0.2) is 6.10 Å². The van der Waals surface area contributed by atoms with E-state index < -0.39 is 12.2 Å². The van der Waals surface area contributed by atoms with E-state index in [0.717, 1.165) is 18.4 Å². The fourth-order valence-corrected chi connectivity index (χ4v) is 1.86. The zero-order valence-corrected chi connectivity index (χ0v) is 12.8. The average Bonchev–Trinajstić information content (AvgIpc) is 2.38. The highest BCUT2D eigenvalue weighted by Crippen LogP contribution is 2.27. The number of benzene rings is 1. The molecule has 2 atom stereocenters. The van der Waals surface area contributed by atoms with Gasteiger partial charge in [-0.15, -0.1) is 0 Å². The maximum Gasteiger partial charge on any atom is 0.260 e. The number of rotatable bonds is 7. The van der Waals surface area contributed by atoms with Crippen LogP contribution in [-0.2, 0) is 4.79 Å². The van der Waals surface area contributed by atoms with Crippen LogP contribution in [0.3, 0.4) is 0 Å². The molecule has 1 aromatic rings. The van der Waals surface area contributed by atoms with Crippen LogP contribution < -0.4 is 10.1 Å². The van der Waals surface area contributed by atoms with Gasteiger partial charge >= 0.3 is 0 Å². The van der Waals surface area contributed by atoms with Crippen molar-refractivity contribution in [2.45, 2.75) is 52.7 Å². The molecule has 0 radical (unpaired) electrons. The van der Waals surface area contributed by atoms with E-state index in [1.54, 1.807) is 13.8 Å². The van der Waals surface area contributed by atoms with Crippen LogP contribution in [0, 0.1) is 6.92 Å². The van der Waals surface area contributed by atoms with E-state index in [9.17, 15) is 9.90 Å². The van der Waals surface area contributed by atoms with E-state index in [2.05, 4.69) is 12.2 Å². The summed E-state index contributed by atoms with van der Waals surface area (Å²) < 4.78 is 5.71. The lowest BCUT2D eigenvalue weighted by Gasteiger charge is -2.19. The molecule has 0 aromatic heterocycles. The number of unbranched alkanes of at least 4 members (excludes halogenated alkanes) is 1. The molecule has 1 unspecified atom stereocenters. The second kappa shape index (κ2) is 7.90. The van der Waals surface area contributed by atoms with Crippen molar-refractivity contribution in [1.82, 2.24) is 5.32 Å². The number of hydrogen-bond acceptors (Lipinski definition) is 3. The summed E-state index contributed by atoms with van der Waals surface area (Å²) in [5, 5.41) is 12.6. The number of amides is 1. The number of aliphatic hydroxyl groups excluding tert-OH is 1. The molecule has 1 amide bonds. The molecule has 20 heavy (non-hydrogen) atoms. The number of aliphatic hydroxyl groups is 1. The fraction of sp³-hybridized carbons (Fsp3) is 0.562. The molecule has 0 aliphatic rings. The Morgan fingerprint density at radius 1 is 1.40 bits per heavy atom. The Morgan fingerprint density at radius 3 is 2.70 bits per heavy atom. The van der Waals surface area contributed by atoms with Crippen molar-refractivity contribution in [2.24, 2.45) is 0 Å². The first kappa shape index (κ1) is 16.5. The number of aryl methyl sites for hydroxylation is 1. The van der Waals surface area contributed by atoms with E-state index in [0.29, 0.717) is 17.9 Å². The van der Waals surface area contributed by atoms with E-state index in [1.165, 1.54) is 0 Å². The average molecular weight is 279 g/mol. The third-order valence-corrected chi connectivity index (χ3v) is 3.12. The molecule has 4 nitrogen and oxygen atoms in total. The van der Waals surface area contributed by atoms with Gasteiger partial charge in [0.2, 0.25) is 0 Å². The van der Waals surface area contributed by atoms with Gasteiger partial charge in [-0.2, -0.15) is 0 Å². The number of nitrogens with one attached hydrogen (secondary N) is 1. The highest BCUT2D eigenvalue weighted by molar-refractivity contribution is 5.80. The van der Waals surface area contributed by atoms with Crippen LogP contribution in [-0.4, -0.2) is 23.7 Å². The summed E-state index contributed by atoms with van der Waals surface area (Å²) in [5.41, 5.74) is 1.73. The largest absolute Gasteiger partial charge is 0.481 e. The summed E-state index contributed by atoms with van der Waals surface area (Å²) >= 11 is 0. The minimum Gasteiger partial charge on any atom is -0.481 e. The van der Waals surface area contributed by atoms with Crippen molar-refractivity contribution in [3.8, 4) is 5.75 Å². The lowest BCUT2D eigenvalue weighted by atomic mass is 10.1. The van der Waals surface area contributed by atoms with Crippen molar-refractivity contribution in [3.05, 3.63) is 29.3 Å². The Labute approximate surface area is 121 Å². The van der Waals surface area contributed by atoms with Gasteiger partial charge in [0.25, 0.3) is 5.91 Å². The predicted molar refractivity (Wildman–Crippen MR) is 79.8 cm³/mol. The number of carbonyl (C=O) groups excluding carboxylic acids is 1. The molecule has 0 saturated carbocycles. The van der Waals surface area contributed by atoms with Crippen LogP contribution in [0.2, 0.25) is 0 Å². The summed E-state index contributed by atoms with van der Waals surface area (Å²) in [6.07, 6.45) is 0.800. The summed E-state index contributed by atoms with van der Waals surface area (Å²) in [6.45, 7) is 8.09. The monoisotopic (exact) mass is 279 g/mol. The molecule has 1 rings (SSSR count). The normalized spacial score (nSPS) is 13.7. The third kappa shape index (κ3) is 4.85. The minimum atomic E-state index is -0.624. The first-order valence-electron chi connectivity index (χ1n) is 7.18. The van der Waals surface area contributed by atoms with Crippen molar-refractivity contribution in [1.29, 1.82) is 0 Å². The number of carbonyl (C=O) groups is 1. The highest BCUT2D eigenvalue weighted by atomic mass is 16.5. The molecule has 1 aromatic carbocycles. The molecule has 0 heterocycles. The molecular weight excluding hydrogens is 254 g/mol. The van der Waals surface area contributed by atoms with Crippen molar-refractivity contribution in [2.75, 3.05) is 6.54 Å². The molecule has 0 saturated heterocycles.